The summed E-state index contributed by atoms with van der Waals surface area (Å²) in [4.78, 5) is 15.5. The van der Waals surface area contributed by atoms with Crippen molar-refractivity contribution in [2.75, 3.05) is 0 Å². The maximum atomic E-state index is 12.9. The van der Waals surface area contributed by atoms with Crippen molar-refractivity contribution in [2.45, 2.75) is 31.7 Å². The zero-order valence-electron chi connectivity index (χ0n) is 9.53. The molecule has 0 spiro atoms. The van der Waals surface area contributed by atoms with Crippen molar-refractivity contribution in [3.05, 3.63) is 29.8 Å². The first-order chi connectivity index (χ1) is 8.24. The van der Waals surface area contributed by atoms with Crippen molar-refractivity contribution in [3.63, 3.8) is 0 Å². The van der Waals surface area contributed by atoms with Gasteiger partial charge in [-0.05, 0) is 49.7 Å². The smallest absolute Gasteiger partial charge is 0.270 e. The molecule has 90 valence electrons. The highest BCUT2D eigenvalue weighted by Gasteiger charge is 2.42. The van der Waals surface area contributed by atoms with Crippen LogP contribution in [0, 0.1) is 17.8 Å². The largest absolute Gasteiger partial charge is 0.347 e. The van der Waals surface area contributed by atoms with Gasteiger partial charge in [-0.15, -0.1) is 0 Å². The number of hydrogen-bond acceptors (Lipinski definition) is 2. The van der Waals surface area contributed by atoms with E-state index in [1.807, 2.05) is 0 Å². The van der Waals surface area contributed by atoms with Gasteiger partial charge in [0.2, 0.25) is 5.95 Å². The molecule has 1 heterocycles. The molecule has 0 atom stereocenters. The second kappa shape index (κ2) is 4.09. The van der Waals surface area contributed by atoms with Gasteiger partial charge in [-0.1, -0.05) is 6.07 Å². The van der Waals surface area contributed by atoms with Crippen molar-refractivity contribution in [1.82, 2.24) is 10.3 Å². The van der Waals surface area contributed by atoms with Gasteiger partial charge in [-0.3, -0.25) is 4.79 Å². The molecule has 0 radical (unpaired) electrons. The van der Waals surface area contributed by atoms with Crippen LogP contribution in [0.4, 0.5) is 4.39 Å². The third-order valence-corrected chi connectivity index (χ3v) is 3.51. The lowest BCUT2D eigenvalue weighted by Crippen LogP contribution is -2.38. The van der Waals surface area contributed by atoms with E-state index in [1.165, 1.54) is 37.8 Å². The Morgan fingerprint density at radius 3 is 2.47 bits per heavy atom. The highest BCUT2D eigenvalue weighted by atomic mass is 19.1. The average molecular weight is 234 g/mol. The minimum atomic E-state index is -0.605. The topological polar surface area (TPSA) is 42.0 Å². The first-order valence-corrected chi connectivity index (χ1v) is 6.17. The van der Waals surface area contributed by atoms with Crippen LogP contribution in [0.5, 0.6) is 0 Å². The Bertz CT molecular complexity index is 429. The Morgan fingerprint density at radius 1 is 1.29 bits per heavy atom. The van der Waals surface area contributed by atoms with E-state index in [2.05, 4.69) is 10.3 Å². The van der Waals surface area contributed by atoms with E-state index in [0.29, 0.717) is 11.8 Å². The van der Waals surface area contributed by atoms with Crippen molar-refractivity contribution < 1.29 is 9.18 Å². The van der Waals surface area contributed by atoms with E-state index in [-0.39, 0.29) is 17.6 Å². The van der Waals surface area contributed by atoms with Crippen LogP contribution in [0.3, 0.4) is 0 Å². The molecular weight excluding hydrogens is 219 g/mol. The number of hydrogen-bond donors (Lipinski definition) is 1. The summed E-state index contributed by atoms with van der Waals surface area (Å²) in [5.41, 5.74) is 0.177. The first kappa shape index (κ1) is 10.7. The van der Waals surface area contributed by atoms with Gasteiger partial charge in [0, 0.05) is 6.04 Å². The molecule has 2 fully saturated rings. The molecule has 2 aliphatic carbocycles. The number of nitrogens with one attached hydrogen (secondary N) is 1. The Balaban J connectivity index is 1.69. The van der Waals surface area contributed by atoms with Crippen molar-refractivity contribution >= 4 is 5.91 Å². The summed E-state index contributed by atoms with van der Waals surface area (Å²) >= 11 is 0. The molecule has 0 aliphatic heterocycles. The number of carbonyl (C=O) groups excluding carboxylic acids is 1. The van der Waals surface area contributed by atoms with E-state index in [0.717, 1.165) is 0 Å². The molecule has 1 aromatic heterocycles. The Morgan fingerprint density at radius 2 is 1.94 bits per heavy atom. The minimum Gasteiger partial charge on any atom is -0.347 e. The number of carbonyl (C=O) groups is 1. The normalized spacial score (nSPS) is 19.4. The quantitative estimate of drug-likeness (QED) is 0.811. The minimum absolute atomic E-state index is 0.177. The van der Waals surface area contributed by atoms with Crippen molar-refractivity contribution in [2.24, 2.45) is 11.8 Å². The molecule has 1 aromatic rings. The van der Waals surface area contributed by atoms with Crippen LogP contribution in [0.25, 0.3) is 0 Å². The van der Waals surface area contributed by atoms with Gasteiger partial charge < -0.3 is 5.32 Å². The van der Waals surface area contributed by atoms with E-state index >= 15 is 0 Å². The highest BCUT2D eigenvalue weighted by Crippen LogP contribution is 2.44. The van der Waals surface area contributed by atoms with Crippen LogP contribution < -0.4 is 5.32 Å². The van der Waals surface area contributed by atoms with Gasteiger partial charge in [-0.2, -0.15) is 4.39 Å². The summed E-state index contributed by atoms with van der Waals surface area (Å²) < 4.78 is 12.9. The highest BCUT2D eigenvalue weighted by molar-refractivity contribution is 5.92. The summed E-state index contributed by atoms with van der Waals surface area (Å²) in [6, 6.07) is 4.60. The monoisotopic (exact) mass is 234 g/mol. The van der Waals surface area contributed by atoms with E-state index in [9.17, 15) is 9.18 Å². The van der Waals surface area contributed by atoms with E-state index in [1.54, 1.807) is 6.07 Å². The SMILES string of the molecule is O=C(NC(C1CC1)C1CC1)c1cccc(F)n1. The Kier molecular flexibility index (Phi) is 2.57. The molecule has 0 unspecified atom stereocenters. The maximum Gasteiger partial charge on any atom is 0.270 e. The zero-order chi connectivity index (χ0) is 11.8. The van der Waals surface area contributed by atoms with Gasteiger partial charge >= 0.3 is 0 Å². The zero-order valence-corrected chi connectivity index (χ0v) is 9.53. The summed E-state index contributed by atoms with van der Waals surface area (Å²) in [5, 5.41) is 3.02. The predicted octanol–water partition coefficient (Wildman–Crippen LogP) is 2.14. The van der Waals surface area contributed by atoms with Gasteiger partial charge in [0.25, 0.3) is 5.91 Å². The molecule has 3 nitrogen and oxygen atoms in total. The van der Waals surface area contributed by atoms with Gasteiger partial charge in [0.05, 0.1) is 0 Å². The van der Waals surface area contributed by atoms with Gasteiger partial charge in [0.15, 0.2) is 0 Å². The molecule has 2 aliphatic rings. The Labute approximate surface area is 99.4 Å². The molecule has 2 saturated carbocycles. The van der Waals surface area contributed by atoms with E-state index in [4.69, 9.17) is 0 Å². The molecule has 0 aromatic carbocycles. The lowest BCUT2D eigenvalue weighted by Gasteiger charge is -2.17. The maximum absolute atomic E-state index is 12.9. The number of amides is 1. The second-order valence-corrected chi connectivity index (χ2v) is 5.02. The fourth-order valence-electron chi connectivity index (χ4n) is 2.29. The number of pyridine rings is 1. The van der Waals surface area contributed by atoms with Crippen LogP contribution >= 0.6 is 0 Å². The fraction of sp³-hybridized carbons (Fsp3) is 0.538. The standard InChI is InChI=1S/C13H15FN2O/c14-11-3-1-2-10(15-11)13(17)16-12(8-4-5-8)9-6-7-9/h1-3,8-9,12H,4-7H2,(H,16,17). The summed E-state index contributed by atoms with van der Waals surface area (Å²) in [7, 11) is 0. The molecule has 3 rings (SSSR count). The molecule has 0 saturated heterocycles. The average Bonchev–Trinajstić information content (AvgIpc) is 3.16. The number of halogens is 1. The van der Waals surface area contributed by atoms with E-state index < -0.39 is 5.95 Å². The van der Waals surface area contributed by atoms with Crippen LogP contribution in [-0.2, 0) is 0 Å². The van der Waals surface area contributed by atoms with Crippen molar-refractivity contribution in [3.8, 4) is 0 Å². The van der Waals surface area contributed by atoms with Crippen LogP contribution in [0.2, 0.25) is 0 Å². The number of rotatable bonds is 4. The van der Waals surface area contributed by atoms with Gasteiger partial charge in [-0.25, -0.2) is 4.98 Å². The third-order valence-electron chi connectivity index (χ3n) is 3.51. The van der Waals surface area contributed by atoms with Crippen LogP contribution in [-0.4, -0.2) is 16.9 Å². The fourth-order valence-corrected chi connectivity index (χ4v) is 2.29. The lowest BCUT2D eigenvalue weighted by atomic mass is 10.1. The number of nitrogens with zero attached hydrogens (tertiary/aromatic N) is 1. The lowest BCUT2D eigenvalue weighted by molar-refractivity contribution is 0.0920. The molecule has 0 bridgehead atoms. The predicted molar refractivity (Wildman–Crippen MR) is 60.9 cm³/mol. The summed E-state index contributed by atoms with van der Waals surface area (Å²) in [6.07, 6.45) is 4.83. The summed E-state index contributed by atoms with van der Waals surface area (Å²) in [5.74, 6) is 0.431. The molecular formula is C13H15FN2O. The van der Waals surface area contributed by atoms with Crippen LogP contribution in [0.15, 0.2) is 18.2 Å². The molecule has 1 amide bonds. The van der Waals surface area contributed by atoms with Crippen LogP contribution in [0.1, 0.15) is 36.2 Å². The third kappa shape index (κ3) is 2.46. The number of aromatic nitrogens is 1. The Hall–Kier alpha value is -1.45. The second-order valence-electron chi connectivity index (χ2n) is 5.02. The van der Waals surface area contributed by atoms with Crippen molar-refractivity contribution in [1.29, 1.82) is 0 Å². The molecule has 1 N–H and O–H groups in total. The van der Waals surface area contributed by atoms with Gasteiger partial charge in [0.1, 0.15) is 5.69 Å². The molecule has 17 heavy (non-hydrogen) atoms. The first-order valence-electron chi connectivity index (χ1n) is 6.17. The molecule has 4 heteroatoms. The summed E-state index contributed by atoms with van der Waals surface area (Å²) in [6.45, 7) is 0.